The number of imide groups is 1. The zero-order chi connectivity index (χ0) is 15.7. The van der Waals surface area contributed by atoms with Gasteiger partial charge in [-0.05, 0) is 25.3 Å². The molecule has 1 aromatic rings. The van der Waals surface area contributed by atoms with E-state index in [2.05, 4.69) is 10.4 Å². The molecule has 1 atom stereocenters. The van der Waals surface area contributed by atoms with Crippen molar-refractivity contribution < 1.29 is 14.4 Å². The van der Waals surface area contributed by atoms with E-state index in [0.717, 1.165) is 23.3 Å². The van der Waals surface area contributed by atoms with E-state index in [-0.39, 0.29) is 30.9 Å². The molecule has 8 nitrogen and oxygen atoms in total. The van der Waals surface area contributed by atoms with Crippen LogP contribution in [-0.4, -0.2) is 63.1 Å². The molecule has 3 heterocycles. The van der Waals surface area contributed by atoms with Crippen LogP contribution in [0.15, 0.2) is 12.4 Å². The molecule has 2 fully saturated rings. The summed E-state index contributed by atoms with van der Waals surface area (Å²) >= 11 is 0. The van der Waals surface area contributed by atoms with Crippen LogP contribution in [0.25, 0.3) is 0 Å². The number of amides is 4. The number of urea groups is 1. The standard InChI is InChI=1S/C14H19N5O3/c1-10-5-16-17(7-10)8-11-3-2-4-18(11)13(21)9-19-12(20)6-15-14(19)22/h5,7,11H,2-4,6,8-9H2,1H3,(H,15,22)/t11-/m0/s1. The molecule has 0 bridgehead atoms. The van der Waals surface area contributed by atoms with Crippen molar-refractivity contribution in [3.05, 3.63) is 18.0 Å². The average molecular weight is 305 g/mol. The molecule has 22 heavy (non-hydrogen) atoms. The molecule has 0 spiro atoms. The minimum Gasteiger partial charge on any atom is -0.336 e. The summed E-state index contributed by atoms with van der Waals surface area (Å²) in [7, 11) is 0. The van der Waals surface area contributed by atoms with Crippen molar-refractivity contribution in [3.8, 4) is 0 Å². The van der Waals surface area contributed by atoms with Gasteiger partial charge >= 0.3 is 6.03 Å². The van der Waals surface area contributed by atoms with Gasteiger partial charge in [-0.15, -0.1) is 0 Å². The molecule has 0 saturated carbocycles. The Labute approximate surface area is 128 Å². The van der Waals surface area contributed by atoms with Crippen LogP contribution in [0.2, 0.25) is 0 Å². The highest BCUT2D eigenvalue weighted by atomic mass is 16.2. The predicted octanol–water partition coefficient (Wildman–Crippen LogP) is -0.266. The van der Waals surface area contributed by atoms with Crippen LogP contribution in [0.5, 0.6) is 0 Å². The highest BCUT2D eigenvalue weighted by molar-refractivity contribution is 6.04. The first-order valence-corrected chi connectivity index (χ1v) is 7.41. The second-order valence-corrected chi connectivity index (χ2v) is 5.76. The summed E-state index contributed by atoms with van der Waals surface area (Å²) in [5, 5.41) is 6.67. The molecular weight excluding hydrogens is 286 g/mol. The van der Waals surface area contributed by atoms with Gasteiger partial charge in [-0.1, -0.05) is 0 Å². The van der Waals surface area contributed by atoms with E-state index in [1.807, 2.05) is 17.8 Å². The van der Waals surface area contributed by atoms with Crippen molar-refractivity contribution in [2.75, 3.05) is 19.6 Å². The normalized spacial score (nSPS) is 21.6. The summed E-state index contributed by atoms with van der Waals surface area (Å²) in [5.41, 5.74) is 1.08. The maximum absolute atomic E-state index is 12.4. The molecule has 0 aliphatic carbocycles. The van der Waals surface area contributed by atoms with Gasteiger partial charge in [-0.3, -0.25) is 19.2 Å². The van der Waals surface area contributed by atoms with Crippen molar-refractivity contribution in [2.24, 2.45) is 0 Å². The number of hydrogen-bond acceptors (Lipinski definition) is 4. The lowest BCUT2D eigenvalue weighted by molar-refractivity contribution is -0.137. The maximum Gasteiger partial charge on any atom is 0.325 e. The van der Waals surface area contributed by atoms with Crippen LogP contribution >= 0.6 is 0 Å². The van der Waals surface area contributed by atoms with Crippen LogP contribution in [0, 0.1) is 6.92 Å². The van der Waals surface area contributed by atoms with E-state index in [0.29, 0.717) is 13.1 Å². The lowest BCUT2D eigenvalue weighted by Crippen LogP contribution is -2.46. The molecule has 1 N–H and O–H groups in total. The second kappa shape index (κ2) is 5.78. The molecule has 3 rings (SSSR count). The quantitative estimate of drug-likeness (QED) is 0.776. The summed E-state index contributed by atoms with van der Waals surface area (Å²) in [6, 6.07) is -0.427. The minimum atomic E-state index is -0.489. The van der Waals surface area contributed by atoms with Gasteiger partial charge in [0, 0.05) is 12.7 Å². The summed E-state index contributed by atoms with van der Waals surface area (Å²) in [4.78, 5) is 38.2. The molecule has 2 aliphatic heterocycles. The fraction of sp³-hybridized carbons (Fsp3) is 0.571. The number of likely N-dealkylation sites (tertiary alicyclic amines) is 1. The lowest BCUT2D eigenvalue weighted by Gasteiger charge is -2.26. The van der Waals surface area contributed by atoms with E-state index in [9.17, 15) is 14.4 Å². The van der Waals surface area contributed by atoms with Crippen molar-refractivity contribution in [2.45, 2.75) is 32.4 Å². The molecule has 0 radical (unpaired) electrons. The smallest absolute Gasteiger partial charge is 0.325 e. The first kappa shape index (κ1) is 14.6. The Bertz CT molecular complexity index is 595. The maximum atomic E-state index is 12.4. The van der Waals surface area contributed by atoms with Crippen molar-refractivity contribution >= 4 is 17.8 Å². The molecule has 1 aromatic heterocycles. The Balaban J connectivity index is 1.63. The van der Waals surface area contributed by atoms with Crippen molar-refractivity contribution in [1.82, 2.24) is 24.9 Å². The number of hydrogen-bond donors (Lipinski definition) is 1. The van der Waals surface area contributed by atoms with Crippen LogP contribution in [-0.2, 0) is 16.1 Å². The fourth-order valence-electron chi connectivity index (χ4n) is 2.98. The van der Waals surface area contributed by atoms with Gasteiger partial charge in [-0.25, -0.2) is 4.79 Å². The summed E-state index contributed by atoms with van der Waals surface area (Å²) in [5.74, 6) is -0.534. The second-order valence-electron chi connectivity index (χ2n) is 5.76. The largest absolute Gasteiger partial charge is 0.336 e. The Morgan fingerprint density at radius 1 is 1.45 bits per heavy atom. The first-order valence-electron chi connectivity index (χ1n) is 7.41. The monoisotopic (exact) mass is 305 g/mol. The van der Waals surface area contributed by atoms with Gasteiger partial charge in [-0.2, -0.15) is 5.10 Å². The molecular formula is C14H19N5O3. The number of nitrogens with one attached hydrogen (secondary N) is 1. The zero-order valence-electron chi connectivity index (χ0n) is 12.5. The SMILES string of the molecule is Cc1cnn(C[C@@H]2CCCN2C(=O)CN2C(=O)CNC2=O)c1. The average Bonchev–Trinajstić information content (AvgIpc) is 3.17. The molecule has 4 amide bonds. The Morgan fingerprint density at radius 3 is 2.91 bits per heavy atom. The van der Waals surface area contributed by atoms with Gasteiger partial charge in [0.1, 0.15) is 6.54 Å². The lowest BCUT2D eigenvalue weighted by atomic mass is 10.2. The summed E-state index contributed by atoms with van der Waals surface area (Å²) in [6.07, 6.45) is 5.56. The van der Waals surface area contributed by atoms with Gasteiger partial charge in [0.15, 0.2) is 0 Å². The van der Waals surface area contributed by atoms with Gasteiger partial charge in [0.05, 0.1) is 25.3 Å². The molecule has 0 aromatic carbocycles. The van der Waals surface area contributed by atoms with Crippen molar-refractivity contribution in [1.29, 1.82) is 0 Å². The van der Waals surface area contributed by atoms with E-state index in [1.54, 1.807) is 11.1 Å². The van der Waals surface area contributed by atoms with Crippen molar-refractivity contribution in [3.63, 3.8) is 0 Å². The Hall–Kier alpha value is -2.38. The van der Waals surface area contributed by atoms with Gasteiger partial charge in [0.2, 0.25) is 5.91 Å². The Morgan fingerprint density at radius 2 is 2.27 bits per heavy atom. The number of carbonyl (C=O) groups is 3. The number of nitrogens with zero attached hydrogens (tertiary/aromatic N) is 4. The highest BCUT2D eigenvalue weighted by Crippen LogP contribution is 2.19. The molecule has 0 unspecified atom stereocenters. The van der Waals surface area contributed by atoms with E-state index < -0.39 is 6.03 Å². The number of carbonyl (C=O) groups excluding carboxylic acids is 3. The van der Waals surface area contributed by atoms with Crippen LogP contribution in [0.1, 0.15) is 18.4 Å². The van der Waals surface area contributed by atoms with E-state index in [1.165, 1.54) is 0 Å². The zero-order valence-corrected chi connectivity index (χ0v) is 12.5. The Kier molecular flexibility index (Phi) is 3.82. The minimum absolute atomic E-state index is 0.0257. The van der Waals surface area contributed by atoms with Gasteiger partial charge < -0.3 is 10.2 Å². The molecule has 8 heteroatoms. The molecule has 2 saturated heterocycles. The third-order valence-corrected chi connectivity index (χ3v) is 4.09. The van der Waals surface area contributed by atoms with E-state index in [4.69, 9.17) is 0 Å². The van der Waals surface area contributed by atoms with Crippen LogP contribution < -0.4 is 5.32 Å². The number of aryl methyl sites for hydroxylation is 1. The first-order chi connectivity index (χ1) is 10.5. The third-order valence-electron chi connectivity index (χ3n) is 4.09. The highest BCUT2D eigenvalue weighted by Gasteiger charge is 2.35. The van der Waals surface area contributed by atoms with E-state index >= 15 is 0 Å². The molecule has 118 valence electrons. The third kappa shape index (κ3) is 2.81. The topological polar surface area (TPSA) is 87.5 Å². The summed E-state index contributed by atoms with van der Waals surface area (Å²) < 4.78 is 1.83. The number of rotatable bonds is 4. The summed E-state index contributed by atoms with van der Waals surface area (Å²) in [6.45, 7) is 3.06. The van der Waals surface area contributed by atoms with Gasteiger partial charge in [0.25, 0.3) is 5.91 Å². The van der Waals surface area contributed by atoms with Crippen LogP contribution in [0.4, 0.5) is 4.79 Å². The number of aromatic nitrogens is 2. The fourth-order valence-corrected chi connectivity index (χ4v) is 2.98. The molecule has 2 aliphatic rings. The van der Waals surface area contributed by atoms with Crippen LogP contribution in [0.3, 0.4) is 0 Å². The predicted molar refractivity (Wildman–Crippen MR) is 76.8 cm³/mol.